The van der Waals surface area contributed by atoms with Gasteiger partial charge >= 0.3 is 0 Å². The van der Waals surface area contributed by atoms with E-state index in [1.54, 1.807) is 0 Å². The number of aromatic nitrogens is 2. The van der Waals surface area contributed by atoms with Gasteiger partial charge in [0.25, 0.3) is 0 Å². The first-order valence-corrected chi connectivity index (χ1v) is 7.45. The molecule has 1 saturated carbocycles. The van der Waals surface area contributed by atoms with Gasteiger partial charge in [-0.05, 0) is 37.3 Å². The predicted molar refractivity (Wildman–Crippen MR) is 75.2 cm³/mol. The molecule has 0 radical (unpaired) electrons. The molecule has 104 valence electrons. The van der Waals surface area contributed by atoms with E-state index in [-0.39, 0.29) is 6.04 Å². The van der Waals surface area contributed by atoms with Crippen LogP contribution in [0, 0.1) is 0 Å². The molecule has 1 atom stereocenters. The smallest absolute Gasteiger partial charge is 0.243 e. The minimum Gasteiger partial charge on any atom is -0.338 e. The van der Waals surface area contributed by atoms with E-state index in [4.69, 9.17) is 4.52 Å². The molecule has 1 aliphatic carbocycles. The molecule has 20 heavy (non-hydrogen) atoms. The van der Waals surface area contributed by atoms with Crippen LogP contribution in [-0.4, -0.2) is 21.6 Å². The van der Waals surface area contributed by atoms with Crippen LogP contribution >= 0.6 is 0 Å². The first kappa shape index (κ1) is 12.1. The van der Waals surface area contributed by atoms with E-state index in [0.717, 1.165) is 31.2 Å². The molecule has 1 aromatic carbocycles. The van der Waals surface area contributed by atoms with Crippen LogP contribution in [0.3, 0.4) is 0 Å². The molecule has 2 heterocycles. The van der Waals surface area contributed by atoms with Gasteiger partial charge in [0.15, 0.2) is 5.82 Å². The molecule has 0 N–H and O–H groups in total. The zero-order chi connectivity index (χ0) is 13.5. The predicted octanol–water partition coefficient (Wildman–Crippen LogP) is 3.07. The Labute approximate surface area is 118 Å². The molecule has 4 heteroatoms. The Hall–Kier alpha value is -1.68. The molecular weight excluding hydrogens is 250 g/mol. The Kier molecular flexibility index (Phi) is 2.84. The van der Waals surface area contributed by atoms with Crippen molar-refractivity contribution < 1.29 is 4.52 Å². The van der Waals surface area contributed by atoms with Crippen molar-refractivity contribution in [2.75, 3.05) is 6.54 Å². The topological polar surface area (TPSA) is 42.2 Å². The zero-order valence-electron chi connectivity index (χ0n) is 11.7. The van der Waals surface area contributed by atoms with Crippen molar-refractivity contribution in [2.24, 2.45) is 0 Å². The summed E-state index contributed by atoms with van der Waals surface area (Å²) >= 11 is 0. The summed E-state index contributed by atoms with van der Waals surface area (Å²) in [5, 5.41) is 4.13. The molecular formula is C16H19N3O. The van der Waals surface area contributed by atoms with Gasteiger partial charge in [-0.15, -0.1) is 0 Å². The number of rotatable bonds is 3. The van der Waals surface area contributed by atoms with E-state index in [1.807, 2.05) is 0 Å². The van der Waals surface area contributed by atoms with E-state index >= 15 is 0 Å². The molecule has 2 aliphatic rings. The first-order chi connectivity index (χ1) is 9.81. The van der Waals surface area contributed by atoms with Crippen LogP contribution in [0.2, 0.25) is 0 Å². The van der Waals surface area contributed by atoms with Crippen LogP contribution in [0.5, 0.6) is 0 Å². The maximum Gasteiger partial charge on any atom is 0.243 e. The Bertz CT molecular complexity index is 618. The third-order valence-electron chi connectivity index (χ3n) is 4.47. The van der Waals surface area contributed by atoms with Crippen molar-refractivity contribution in [1.29, 1.82) is 0 Å². The third-order valence-corrected chi connectivity index (χ3v) is 4.47. The monoisotopic (exact) mass is 269 g/mol. The number of nitrogens with zero attached hydrogens (tertiary/aromatic N) is 3. The lowest BCUT2D eigenvalue weighted by atomic mass is 9.99. The second-order valence-electron chi connectivity index (χ2n) is 5.93. The van der Waals surface area contributed by atoms with Crippen LogP contribution in [0.25, 0.3) is 0 Å². The highest BCUT2D eigenvalue weighted by molar-refractivity contribution is 5.29. The Morgan fingerprint density at radius 1 is 1.25 bits per heavy atom. The number of hydrogen-bond acceptors (Lipinski definition) is 4. The van der Waals surface area contributed by atoms with Crippen molar-refractivity contribution >= 4 is 0 Å². The summed E-state index contributed by atoms with van der Waals surface area (Å²) in [6.07, 6.45) is 3.53. The van der Waals surface area contributed by atoms with Crippen LogP contribution in [0.15, 0.2) is 28.8 Å². The normalized spacial score (nSPS) is 20.6. The summed E-state index contributed by atoms with van der Waals surface area (Å²) in [5.74, 6) is 2.23. The molecule has 1 aliphatic heterocycles. The van der Waals surface area contributed by atoms with Crippen molar-refractivity contribution in [2.45, 2.75) is 44.7 Å². The SMILES string of the molecule is CC(c1nc(C2CC2)no1)N1CCc2ccccc2C1. The molecule has 0 amide bonds. The van der Waals surface area contributed by atoms with Gasteiger partial charge in [0, 0.05) is 19.0 Å². The summed E-state index contributed by atoms with van der Waals surface area (Å²) in [5.41, 5.74) is 2.90. The highest BCUT2D eigenvalue weighted by Gasteiger charge is 2.31. The van der Waals surface area contributed by atoms with E-state index in [1.165, 1.54) is 24.0 Å². The lowest BCUT2D eigenvalue weighted by Crippen LogP contribution is -2.33. The van der Waals surface area contributed by atoms with E-state index in [9.17, 15) is 0 Å². The van der Waals surface area contributed by atoms with Crippen LogP contribution < -0.4 is 0 Å². The number of benzene rings is 1. The summed E-state index contributed by atoms with van der Waals surface area (Å²) in [7, 11) is 0. The minimum absolute atomic E-state index is 0.198. The molecule has 0 bridgehead atoms. The maximum atomic E-state index is 5.47. The Balaban J connectivity index is 1.52. The van der Waals surface area contributed by atoms with Crippen LogP contribution in [-0.2, 0) is 13.0 Å². The van der Waals surface area contributed by atoms with Crippen molar-refractivity contribution in [1.82, 2.24) is 15.0 Å². The second-order valence-corrected chi connectivity index (χ2v) is 5.93. The molecule has 4 rings (SSSR count). The van der Waals surface area contributed by atoms with Crippen molar-refractivity contribution in [3.63, 3.8) is 0 Å². The lowest BCUT2D eigenvalue weighted by Gasteiger charge is -2.31. The fourth-order valence-electron chi connectivity index (χ4n) is 2.93. The van der Waals surface area contributed by atoms with Gasteiger partial charge in [-0.2, -0.15) is 4.98 Å². The van der Waals surface area contributed by atoms with Crippen molar-refractivity contribution in [3.8, 4) is 0 Å². The van der Waals surface area contributed by atoms with Crippen LogP contribution in [0.4, 0.5) is 0 Å². The number of hydrogen-bond donors (Lipinski definition) is 0. The van der Waals surface area contributed by atoms with Crippen molar-refractivity contribution in [3.05, 3.63) is 47.1 Å². The van der Waals surface area contributed by atoms with Gasteiger partial charge in [-0.25, -0.2) is 0 Å². The molecule has 1 aromatic heterocycles. The fraction of sp³-hybridized carbons (Fsp3) is 0.500. The average molecular weight is 269 g/mol. The van der Waals surface area contributed by atoms with Gasteiger partial charge in [0.1, 0.15) is 0 Å². The summed E-state index contributed by atoms with van der Waals surface area (Å²) in [6.45, 7) is 4.19. The summed E-state index contributed by atoms with van der Waals surface area (Å²) in [4.78, 5) is 7.01. The minimum atomic E-state index is 0.198. The Morgan fingerprint density at radius 2 is 2.05 bits per heavy atom. The van der Waals surface area contributed by atoms with Gasteiger partial charge in [0.05, 0.1) is 6.04 Å². The van der Waals surface area contributed by atoms with E-state index in [0.29, 0.717) is 5.92 Å². The Morgan fingerprint density at radius 3 is 2.85 bits per heavy atom. The van der Waals surface area contributed by atoms with Gasteiger partial charge in [0.2, 0.25) is 5.89 Å². The molecule has 4 nitrogen and oxygen atoms in total. The van der Waals surface area contributed by atoms with Gasteiger partial charge < -0.3 is 4.52 Å². The van der Waals surface area contributed by atoms with E-state index in [2.05, 4.69) is 46.2 Å². The highest BCUT2D eigenvalue weighted by atomic mass is 16.5. The maximum absolute atomic E-state index is 5.47. The third kappa shape index (κ3) is 2.14. The van der Waals surface area contributed by atoms with E-state index < -0.39 is 0 Å². The largest absolute Gasteiger partial charge is 0.338 e. The second kappa shape index (κ2) is 4.70. The van der Waals surface area contributed by atoms with Gasteiger partial charge in [-0.1, -0.05) is 29.4 Å². The number of fused-ring (bicyclic) bond motifs is 1. The average Bonchev–Trinajstić information content (AvgIpc) is 3.23. The molecule has 0 spiro atoms. The summed E-state index contributed by atoms with van der Waals surface area (Å²) < 4.78 is 5.47. The fourth-order valence-corrected chi connectivity index (χ4v) is 2.93. The quantitative estimate of drug-likeness (QED) is 0.858. The standard InChI is InChI=1S/C16H19N3O/c1-11(16-17-15(18-20-16)13-6-7-13)19-9-8-12-4-2-3-5-14(12)10-19/h2-5,11,13H,6-10H2,1H3. The first-order valence-electron chi connectivity index (χ1n) is 7.45. The summed E-state index contributed by atoms with van der Waals surface area (Å²) in [6, 6.07) is 8.89. The zero-order valence-corrected chi connectivity index (χ0v) is 11.7. The highest BCUT2D eigenvalue weighted by Crippen LogP contribution is 2.38. The molecule has 0 saturated heterocycles. The molecule has 1 fully saturated rings. The molecule has 1 unspecified atom stereocenters. The van der Waals surface area contributed by atoms with Gasteiger partial charge in [-0.3, -0.25) is 4.90 Å². The van der Waals surface area contributed by atoms with Crippen LogP contribution in [0.1, 0.15) is 54.6 Å². The molecule has 2 aromatic rings. The lowest BCUT2D eigenvalue weighted by molar-refractivity contribution is 0.158.